The average molecular weight is 644 g/mol. The molecule has 0 N–H and O–H groups in total. The van der Waals surface area contributed by atoms with E-state index in [1.807, 2.05) is 11.8 Å². The number of rotatable bonds is 8. The first-order valence-electron chi connectivity index (χ1n) is 12.0. The Labute approximate surface area is 254 Å². The predicted molar refractivity (Wildman–Crippen MR) is 171 cm³/mol. The van der Waals surface area contributed by atoms with Crippen molar-refractivity contribution in [3.8, 4) is 0 Å². The molecule has 4 aromatic rings. The van der Waals surface area contributed by atoms with E-state index in [1.165, 1.54) is 43.1 Å². The van der Waals surface area contributed by atoms with Gasteiger partial charge in [-0.2, -0.15) is 0 Å². The molecule has 38 heavy (non-hydrogen) atoms. The van der Waals surface area contributed by atoms with Crippen LogP contribution in [-0.4, -0.2) is 22.9 Å². The number of halogens is 2. The van der Waals surface area contributed by atoms with Crippen LogP contribution in [0.1, 0.15) is 43.1 Å². The molecule has 0 spiro atoms. The van der Waals surface area contributed by atoms with E-state index in [9.17, 15) is 0 Å². The fraction of sp³-hybridized carbons (Fsp3) is 0.267. The van der Waals surface area contributed by atoms with Crippen molar-refractivity contribution < 1.29 is 13.1 Å². The summed E-state index contributed by atoms with van der Waals surface area (Å²) in [6.45, 7) is 12.9. The number of hydrogen-bond donors (Lipinski definition) is 0. The zero-order chi connectivity index (χ0) is 27.7. The zero-order valence-corrected chi connectivity index (χ0v) is 27.5. The third kappa shape index (κ3) is 8.82. The molecule has 0 aliphatic rings. The topological polar surface area (TPSA) is 24.7 Å². The Balaban J connectivity index is 0.00000127. The molecule has 0 bridgehead atoms. The van der Waals surface area contributed by atoms with Gasteiger partial charge in [0.2, 0.25) is 0 Å². The van der Waals surface area contributed by atoms with Gasteiger partial charge in [0.05, 0.1) is 22.8 Å². The molecule has 202 valence electrons. The van der Waals surface area contributed by atoms with Gasteiger partial charge in [-0.3, -0.25) is 9.98 Å². The molecule has 2 aromatic carbocycles. The van der Waals surface area contributed by atoms with Gasteiger partial charge in [-0.1, -0.05) is 47.5 Å². The molecule has 2 heterocycles. The Morgan fingerprint density at radius 2 is 1.03 bits per heavy atom. The van der Waals surface area contributed by atoms with Crippen LogP contribution < -0.4 is 0 Å². The number of hydrogen-bond acceptors (Lipinski definition) is 5. The Hall–Kier alpha value is -1.37. The third-order valence-corrected chi connectivity index (χ3v) is 8.65. The molecule has 0 fully saturated rings. The Morgan fingerprint density at radius 1 is 0.684 bits per heavy atom. The summed E-state index contributed by atoms with van der Waals surface area (Å²) >= 11 is 5.59. The first-order valence-corrected chi connectivity index (χ1v) is 18.0. The summed E-state index contributed by atoms with van der Waals surface area (Å²) < 4.78 is 0. The van der Waals surface area contributed by atoms with Gasteiger partial charge in [0.1, 0.15) is 0 Å². The monoisotopic (exact) mass is 642 g/mol. The summed E-state index contributed by atoms with van der Waals surface area (Å²) in [5.74, 6) is 1.67. The molecule has 0 atom stereocenters. The fourth-order valence-electron chi connectivity index (χ4n) is 4.41. The van der Waals surface area contributed by atoms with Gasteiger partial charge in [0.25, 0.3) is 0 Å². The van der Waals surface area contributed by atoms with E-state index >= 15 is 0 Å². The van der Waals surface area contributed by atoms with E-state index < -0.39 is 0 Å². The number of aryl methyl sites for hydroxylation is 6. The maximum atomic E-state index is 5.19. The van der Waals surface area contributed by atoms with Crippen LogP contribution in [0.4, 0.5) is 11.4 Å². The van der Waals surface area contributed by atoms with Gasteiger partial charge < -0.3 is 0 Å². The summed E-state index contributed by atoms with van der Waals surface area (Å²) in [6, 6.07) is 17.5. The van der Waals surface area contributed by atoms with E-state index in [1.54, 1.807) is 22.7 Å². The SMILES string of the molecule is Cc1cc(C)c(N=C(CSCC(=Nc2c(C)cc(C)cc2C)c2cccs2)c2cccs2)c(C)c1.[Cl][Fe][Cl]. The van der Waals surface area contributed by atoms with E-state index in [4.69, 9.17) is 30.2 Å². The summed E-state index contributed by atoms with van der Waals surface area (Å²) in [6.07, 6.45) is 0. The first-order chi connectivity index (χ1) is 18.2. The second-order valence-electron chi connectivity index (χ2n) is 9.11. The van der Waals surface area contributed by atoms with Crippen LogP contribution in [0.15, 0.2) is 69.3 Å². The van der Waals surface area contributed by atoms with Crippen molar-refractivity contribution in [1.82, 2.24) is 0 Å². The molecule has 0 radical (unpaired) electrons. The summed E-state index contributed by atoms with van der Waals surface area (Å²) in [5, 5.41) is 4.26. The van der Waals surface area contributed by atoms with Crippen LogP contribution in [0.2, 0.25) is 0 Å². The van der Waals surface area contributed by atoms with E-state index in [0.717, 1.165) is 34.3 Å². The van der Waals surface area contributed by atoms with Crippen LogP contribution in [0.5, 0.6) is 0 Å². The van der Waals surface area contributed by atoms with Gasteiger partial charge in [-0.15, -0.1) is 34.4 Å². The second kappa shape index (κ2) is 15.4. The molecule has 0 amide bonds. The van der Waals surface area contributed by atoms with Gasteiger partial charge in [0, 0.05) is 21.3 Å². The molecular weight excluding hydrogens is 611 g/mol. The van der Waals surface area contributed by atoms with Crippen molar-refractivity contribution in [3.63, 3.8) is 0 Å². The average Bonchev–Trinajstić information content (AvgIpc) is 3.56. The van der Waals surface area contributed by atoms with E-state index in [-0.39, 0.29) is 13.1 Å². The van der Waals surface area contributed by atoms with Crippen molar-refractivity contribution in [2.24, 2.45) is 9.98 Å². The predicted octanol–water partition coefficient (Wildman–Crippen LogP) is 10.7. The fourth-order valence-corrected chi connectivity index (χ4v) is 6.96. The van der Waals surface area contributed by atoms with Gasteiger partial charge in [0.15, 0.2) is 0 Å². The molecule has 2 aromatic heterocycles. The minimum absolute atomic E-state index is 0.194. The molecule has 4 rings (SSSR count). The van der Waals surface area contributed by atoms with Crippen LogP contribution in [0.25, 0.3) is 0 Å². The van der Waals surface area contributed by atoms with Gasteiger partial charge in [-0.05, 0) is 86.7 Å². The minimum atomic E-state index is 0.194. The van der Waals surface area contributed by atoms with Gasteiger partial charge >= 0.3 is 33.3 Å². The molecule has 0 saturated carbocycles. The van der Waals surface area contributed by atoms with E-state index in [0.29, 0.717) is 0 Å². The number of thiophene rings is 2. The van der Waals surface area contributed by atoms with Crippen LogP contribution in [0, 0.1) is 41.5 Å². The zero-order valence-electron chi connectivity index (χ0n) is 22.4. The standard InChI is InChI=1S/C30H32N2S3.2ClH.Fe/c1-19-13-21(3)29(22(4)14-19)31-25(27-9-7-11-34-27)17-33-18-26(28-10-8-12-35-28)32-30-23(5)15-20(2)16-24(30)6;;;/h7-16H,17-18H2,1-6H3;2*1H;/q;;;+2/p-2. The Bertz CT molecular complexity index is 1240. The summed E-state index contributed by atoms with van der Waals surface area (Å²) in [7, 11) is 9.53. The van der Waals surface area contributed by atoms with Gasteiger partial charge in [-0.25, -0.2) is 0 Å². The van der Waals surface area contributed by atoms with E-state index in [2.05, 4.69) is 101 Å². The maximum absolute atomic E-state index is 5.19. The van der Waals surface area contributed by atoms with Crippen molar-refractivity contribution in [2.45, 2.75) is 41.5 Å². The summed E-state index contributed by atoms with van der Waals surface area (Å²) in [4.78, 5) is 12.8. The van der Waals surface area contributed by atoms with Crippen LogP contribution in [-0.2, 0) is 13.1 Å². The number of benzene rings is 2. The van der Waals surface area contributed by atoms with Crippen molar-refractivity contribution in [1.29, 1.82) is 0 Å². The number of nitrogens with zero attached hydrogens (tertiary/aromatic N) is 2. The molecular formula is C30H32Cl2FeN2S3. The molecule has 0 aliphatic carbocycles. The third-order valence-electron chi connectivity index (χ3n) is 5.85. The molecule has 2 nitrogen and oxygen atoms in total. The first kappa shape index (κ1) is 31.2. The molecule has 0 unspecified atom stereocenters. The number of aliphatic imine (C=N–C) groups is 2. The number of thioether (sulfide) groups is 1. The van der Waals surface area contributed by atoms with Crippen LogP contribution in [0.3, 0.4) is 0 Å². The molecule has 0 aliphatic heterocycles. The van der Waals surface area contributed by atoms with Crippen molar-refractivity contribution >= 4 is 77.4 Å². The quantitative estimate of drug-likeness (QED) is 0.139. The molecule has 8 heteroatoms. The summed E-state index contributed by atoms with van der Waals surface area (Å²) in [5.41, 5.74) is 11.9. The Kier molecular flexibility index (Phi) is 12.6. The van der Waals surface area contributed by atoms with Crippen molar-refractivity contribution in [2.75, 3.05) is 11.5 Å². The Morgan fingerprint density at radius 3 is 1.32 bits per heavy atom. The molecule has 0 saturated heterocycles. The normalized spacial score (nSPS) is 12.0. The van der Waals surface area contributed by atoms with Crippen molar-refractivity contribution in [3.05, 3.63) is 102 Å². The van der Waals surface area contributed by atoms with Crippen LogP contribution >= 0.6 is 54.6 Å². The second-order valence-corrected chi connectivity index (χ2v) is 13.8.